The highest BCUT2D eigenvalue weighted by Gasteiger charge is 2.05. The Morgan fingerprint density at radius 2 is 1.74 bits per heavy atom. The molecule has 9 nitrogen and oxygen atoms in total. The molecule has 0 bridgehead atoms. The van der Waals surface area contributed by atoms with Gasteiger partial charge in [0.1, 0.15) is 0 Å². The number of rotatable bonds is 12. The molecule has 0 aliphatic rings. The van der Waals surface area contributed by atoms with E-state index in [1.807, 2.05) is 0 Å². The first-order valence-corrected chi connectivity index (χ1v) is 10.9. The molecular weight excluding hydrogens is 370 g/mol. The molecule has 0 aromatic heterocycles. The number of hydrogen-bond acceptors (Lipinski definition) is 5. The average Bonchev–Trinajstić information content (AvgIpc) is 2.61. The van der Waals surface area contributed by atoms with Crippen molar-refractivity contribution in [3.8, 4) is 0 Å². The minimum absolute atomic E-state index is 0.0435. The molecule has 0 unspecified atom stereocenters. The molecule has 1 aromatic rings. The van der Waals surface area contributed by atoms with Crippen LogP contribution in [0.25, 0.3) is 0 Å². The van der Waals surface area contributed by atoms with Crippen LogP contribution in [-0.4, -0.2) is 45.2 Å². The maximum Gasteiger partial charge on any atom is 0.269 e. The van der Waals surface area contributed by atoms with Gasteiger partial charge in [0.15, 0.2) is 5.96 Å². The van der Waals surface area contributed by atoms with Gasteiger partial charge in [0.2, 0.25) is 10.0 Å². The number of nitro benzene ring substituents is 1. The van der Waals surface area contributed by atoms with Gasteiger partial charge in [0.05, 0.1) is 17.7 Å². The third-order valence-corrected chi connectivity index (χ3v) is 4.40. The van der Waals surface area contributed by atoms with Gasteiger partial charge in [-0.2, -0.15) is 0 Å². The molecule has 0 fully saturated rings. The van der Waals surface area contributed by atoms with Gasteiger partial charge >= 0.3 is 0 Å². The Balaban J connectivity index is 2.58. The Kier molecular flexibility index (Phi) is 10.3. The van der Waals surface area contributed by atoms with Crippen molar-refractivity contribution in [2.45, 2.75) is 39.2 Å². The molecule has 0 heterocycles. The van der Waals surface area contributed by atoms with Crippen LogP contribution < -0.4 is 15.4 Å². The molecule has 0 radical (unpaired) electrons. The fourth-order valence-corrected chi connectivity index (χ4v) is 2.72. The number of aliphatic imine (C=N–C) groups is 1. The summed E-state index contributed by atoms with van der Waals surface area (Å²) in [6.45, 7) is 3.94. The topological polar surface area (TPSA) is 126 Å². The molecule has 0 atom stereocenters. The Hall–Kier alpha value is -2.20. The van der Waals surface area contributed by atoms with Gasteiger partial charge in [-0.05, 0) is 12.0 Å². The van der Waals surface area contributed by atoms with E-state index in [0.717, 1.165) is 37.6 Å². The van der Waals surface area contributed by atoms with Crippen LogP contribution in [0.2, 0.25) is 0 Å². The molecule has 0 amide bonds. The molecule has 1 aromatic carbocycles. The summed E-state index contributed by atoms with van der Waals surface area (Å²) in [5.74, 6) is 0.583. The third kappa shape index (κ3) is 11.2. The number of non-ortho nitro benzene ring substituents is 1. The number of guanidine groups is 1. The molecule has 0 spiro atoms. The minimum Gasteiger partial charge on any atom is -0.356 e. The van der Waals surface area contributed by atoms with Crippen molar-refractivity contribution in [2.75, 3.05) is 25.9 Å². The molecule has 0 saturated carbocycles. The Bertz CT molecular complexity index is 705. The zero-order chi connectivity index (χ0) is 20.1. The predicted octanol–water partition coefficient (Wildman–Crippen LogP) is 1.76. The zero-order valence-corrected chi connectivity index (χ0v) is 16.7. The summed E-state index contributed by atoms with van der Waals surface area (Å²) < 4.78 is 24.6. The van der Waals surface area contributed by atoms with Crippen molar-refractivity contribution < 1.29 is 13.3 Å². The number of nitrogens with one attached hydrogen (secondary N) is 3. The van der Waals surface area contributed by atoms with Gasteiger partial charge in [0.25, 0.3) is 5.69 Å². The lowest BCUT2D eigenvalue weighted by atomic mass is 10.2. The highest BCUT2D eigenvalue weighted by molar-refractivity contribution is 7.88. The number of hydrogen-bond donors (Lipinski definition) is 3. The highest BCUT2D eigenvalue weighted by atomic mass is 32.2. The van der Waals surface area contributed by atoms with E-state index in [-0.39, 0.29) is 12.2 Å². The summed E-state index contributed by atoms with van der Waals surface area (Å²) in [7, 11) is -3.22. The lowest BCUT2D eigenvalue weighted by Crippen LogP contribution is -2.41. The van der Waals surface area contributed by atoms with Crippen LogP contribution in [0.15, 0.2) is 29.3 Å². The predicted molar refractivity (Wildman–Crippen MR) is 107 cm³/mol. The van der Waals surface area contributed by atoms with Crippen LogP contribution in [0, 0.1) is 10.1 Å². The van der Waals surface area contributed by atoms with E-state index in [1.165, 1.54) is 18.6 Å². The zero-order valence-electron chi connectivity index (χ0n) is 15.9. The highest BCUT2D eigenvalue weighted by Crippen LogP contribution is 2.12. The fraction of sp³-hybridized carbons (Fsp3) is 0.588. The van der Waals surface area contributed by atoms with Gasteiger partial charge in [-0.1, -0.05) is 38.3 Å². The van der Waals surface area contributed by atoms with Crippen molar-refractivity contribution in [2.24, 2.45) is 4.99 Å². The lowest BCUT2D eigenvalue weighted by Gasteiger charge is -2.13. The van der Waals surface area contributed by atoms with Gasteiger partial charge in [-0.25, -0.2) is 18.1 Å². The van der Waals surface area contributed by atoms with Crippen LogP contribution in [0.3, 0.4) is 0 Å². The van der Waals surface area contributed by atoms with Crippen molar-refractivity contribution in [3.05, 3.63) is 39.9 Å². The molecule has 0 aliphatic heterocycles. The molecule has 0 saturated heterocycles. The minimum atomic E-state index is -3.22. The number of nitro groups is 1. The Morgan fingerprint density at radius 3 is 2.33 bits per heavy atom. The SMILES string of the molecule is CCCCCCNC(=NCc1ccc([N+](=O)[O-])cc1)NCCNS(C)(=O)=O. The molecule has 152 valence electrons. The average molecular weight is 400 g/mol. The summed E-state index contributed by atoms with van der Waals surface area (Å²) >= 11 is 0. The number of benzene rings is 1. The van der Waals surface area contributed by atoms with E-state index in [0.29, 0.717) is 19.0 Å². The summed E-state index contributed by atoms with van der Waals surface area (Å²) in [5.41, 5.74) is 0.893. The van der Waals surface area contributed by atoms with Gasteiger partial charge in [0, 0.05) is 31.8 Å². The number of unbranched alkanes of at least 4 members (excludes halogenated alkanes) is 3. The first-order chi connectivity index (χ1) is 12.8. The first kappa shape index (κ1) is 22.8. The summed E-state index contributed by atoms with van der Waals surface area (Å²) in [6.07, 6.45) is 5.62. The van der Waals surface area contributed by atoms with Crippen LogP contribution in [0.1, 0.15) is 38.2 Å². The standard InChI is InChI=1S/C17H29N5O4S/c1-3-4-5-6-11-18-17(19-12-13-21-27(2,25)26)20-14-15-7-9-16(10-8-15)22(23)24/h7-10,21H,3-6,11-14H2,1-2H3,(H2,18,19,20). The summed E-state index contributed by atoms with van der Waals surface area (Å²) in [5, 5.41) is 17.0. The quantitative estimate of drug-likeness (QED) is 0.162. The number of nitrogens with zero attached hydrogens (tertiary/aromatic N) is 2. The van der Waals surface area contributed by atoms with E-state index >= 15 is 0 Å². The van der Waals surface area contributed by atoms with Crippen molar-refractivity contribution >= 4 is 21.7 Å². The molecule has 1 rings (SSSR count). The first-order valence-electron chi connectivity index (χ1n) is 9.02. The van der Waals surface area contributed by atoms with E-state index in [4.69, 9.17) is 0 Å². The Morgan fingerprint density at radius 1 is 1.07 bits per heavy atom. The molecule has 0 aliphatic carbocycles. The largest absolute Gasteiger partial charge is 0.356 e. The van der Waals surface area contributed by atoms with Crippen molar-refractivity contribution in [1.29, 1.82) is 0 Å². The smallest absolute Gasteiger partial charge is 0.269 e. The normalized spacial score (nSPS) is 12.0. The molecular formula is C17H29N5O4S. The van der Waals surface area contributed by atoms with Crippen LogP contribution >= 0.6 is 0 Å². The van der Waals surface area contributed by atoms with E-state index in [2.05, 4.69) is 27.3 Å². The summed E-state index contributed by atoms with van der Waals surface area (Å²) in [4.78, 5) is 14.7. The fourth-order valence-electron chi connectivity index (χ4n) is 2.24. The van der Waals surface area contributed by atoms with E-state index in [1.54, 1.807) is 12.1 Å². The maximum atomic E-state index is 11.1. The van der Waals surface area contributed by atoms with Gasteiger partial charge in [-0.3, -0.25) is 10.1 Å². The Labute approximate surface area is 160 Å². The van der Waals surface area contributed by atoms with Crippen LogP contribution in [0.4, 0.5) is 5.69 Å². The van der Waals surface area contributed by atoms with Crippen molar-refractivity contribution in [3.63, 3.8) is 0 Å². The van der Waals surface area contributed by atoms with E-state index in [9.17, 15) is 18.5 Å². The monoisotopic (exact) mass is 399 g/mol. The maximum absolute atomic E-state index is 11.1. The second kappa shape index (κ2) is 12.2. The second-order valence-electron chi connectivity index (χ2n) is 6.17. The van der Waals surface area contributed by atoms with E-state index < -0.39 is 14.9 Å². The molecule has 3 N–H and O–H groups in total. The molecule has 27 heavy (non-hydrogen) atoms. The summed E-state index contributed by atoms with van der Waals surface area (Å²) in [6, 6.07) is 6.25. The number of sulfonamides is 1. The van der Waals surface area contributed by atoms with Crippen LogP contribution in [-0.2, 0) is 16.6 Å². The van der Waals surface area contributed by atoms with Crippen molar-refractivity contribution in [1.82, 2.24) is 15.4 Å². The second-order valence-corrected chi connectivity index (χ2v) is 8.00. The lowest BCUT2D eigenvalue weighted by molar-refractivity contribution is -0.384. The van der Waals surface area contributed by atoms with Crippen LogP contribution in [0.5, 0.6) is 0 Å². The van der Waals surface area contributed by atoms with Gasteiger partial charge in [-0.15, -0.1) is 0 Å². The van der Waals surface area contributed by atoms with Gasteiger partial charge < -0.3 is 10.6 Å². The molecule has 10 heteroatoms. The third-order valence-electron chi connectivity index (χ3n) is 3.67.